The van der Waals surface area contributed by atoms with Gasteiger partial charge in [0.1, 0.15) is 11.2 Å². The highest BCUT2D eigenvalue weighted by Gasteiger charge is 2.91. The first-order valence-electron chi connectivity index (χ1n) is 15.6. The monoisotopic (exact) mass is 600 g/mol. The molecule has 1 amide bonds. The molecule has 7 bridgehead atoms. The largest absolute Gasteiger partial charge is 0.461 e. The van der Waals surface area contributed by atoms with Crippen molar-refractivity contribution in [2.24, 2.45) is 34.5 Å². The van der Waals surface area contributed by atoms with E-state index in [4.69, 9.17) is 14.2 Å². The van der Waals surface area contributed by atoms with Crippen molar-refractivity contribution in [3.63, 3.8) is 0 Å². The van der Waals surface area contributed by atoms with E-state index in [1.165, 1.54) is 14.0 Å². The van der Waals surface area contributed by atoms with Crippen molar-refractivity contribution in [3.05, 3.63) is 29.8 Å². The van der Waals surface area contributed by atoms with Crippen molar-refractivity contribution in [1.29, 1.82) is 0 Å². The third-order valence-electron chi connectivity index (χ3n) is 12.8. The predicted molar refractivity (Wildman–Crippen MR) is 153 cm³/mol. The molecule has 236 valence electrons. The molecule has 5 saturated carbocycles. The smallest absolute Gasteiger partial charge is 0.340 e. The van der Waals surface area contributed by atoms with Crippen LogP contribution >= 0.6 is 0 Å². The van der Waals surface area contributed by atoms with Crippen molar-refractivity contribution >= 4 is 17.6 Å². The number of ether oxygens (including phenoxy) is 3. The van der Waals surface area contributed by atoms with Gasteiger partial charge in [0.25, 0.3) is 0 Å². The Morgan fingerprint density at radius 1 is 1.14 bits per heavy atom. The van der Waals surface area contributed by atoms with Gasteiger partial charge in [0.05, 0.1) is 48.3 Å². The number of hydrogen-bond donors (Lipinski definition) is 5. The van der Waals surface area contributed by atoms with E-state index in [-0.39, 0.29) is 36.3 Å². The highest BCUT2D eigenvalue weighted by molar-refractivity contribution is 6.00. The number of piperidine rings is 1. The number of hydrogen-bond acceptors (Lipinski definition) is 10. The van der Waals surface area contributed by atoms with Gasteiger partial charge in [-0.25, -0.2) is 4.79 Å². The van der Waals surface area contributed by atoms with Gasteiger partial charge in [0, 0.05) is 62.7 Å². The van der Waals surface area contributed by atoms with Crippen LogP contribution in [0.5, 0.6) is 0 Å². The van der Waals surface area contributed by atoms with Crippen LogP contribution in [0.25, 0.3) is 0 Å². The van der Waals surface area contributed by atoms with Crippen LogP contribution < -0.4 is 5.32 Å². The summed E-state index contributed by atoms with van der Waals surface area (Å²) in [6.45, 7) is 4.42. The van der Waals surface area contributed by atoms with E-state index in [0.717, 1.165) is 0 Å². The van der Waals surface area contributed by atoms with Gasteiger partial charge in [-0.15, -0.1) is 0 Å². The van der Waals surface area contributed by atoms with Gasteiger partial charge < -0.3 is 40.0 Å². The molecule has 7 rings (SSSR count). The summed E-state index contributed by atoms with van der Waals surface area (Å²) in [5, 5.41) is 52.3. The number of fused-ring (bicyclic) bond motifs is 2. The summed E-state index contributed by atoms with van der Waals surface area (Å²) in [6, 6.07) is 6.08. The molecular weight excluding hydrogens is 556 g/mol. The fourth-order valence-corrected chi connectivity index (χ4v) is 11.7. The zero-order valence-corrected chi connectivity index (χ0v) is 25.2. The summed E-state index contributed by atoms with van der Waals surface area (Å²) in [5.41, 5.74) is -4.53. The van der Waals surface area contributed by atoms with Crippen molar-refractivity contribution in [2.75, 3.05) is 39.2 Å². The Balaban J connectivity index is 1.35. The molecule has 1 saturated heterocycles. The summed E-state index contributed by atoms with van der Waals surface area (Å²) >= 11 is 0. The molecule has 0 radical (unpaired) electrons. The molecule has 13 atom stereocenters. The second-order valence-corrected chi connectivity index (χ2v) is 14.1. The molecule has 1 aromatic carbocycles. The normalized spacial score (nSPS) is 49.1. The van der Waals surface area contributed by atoms with E-state index in [9.17, 15) is 30.0 Å². The van der Waals surface area contributed by atoms with Gasteiger partial charge in [-0.2, -0.15) is 0 Å². The van der Waals surface area contributed by atoms with Gasteiger partial charge in [0.15, 0.2) is 0 Å². The molecule has 1 spiro atoms. The molecule has 5 aliphatic carbocycles. The topological polar surface area (TPSA) is 158 Å². The first-order chi connectivity index (χ1) is 20.5. The van der Waals surface area contributed by atoms with Crippen molar-refractivity contribution in [3.8, 4) is 0 Å². The predicted octanol–water partition coefficient (Wildman–Crippen LogP) is 0.786. The Kier molecular flexibility index (Phi) is 6.67. The second kappa shape index (κ2) is 9.69. The number of nitrogens with one attached hydrogen (secondary N) is 1. The maximum absolute atomic E-state index is 13.6. The Hall–Kier alpha value is -2.12. The number of anilines is 1. The Labute approximate surface area is 251 Å². The lowest BCUT2D eigenvalue weighted by atomic mass is 9.42. The highest BCUT2D eigenvalue weighted by Crippen LogP contribution is 2.80. The number of amides is 1. The fourth-order valence-electron chi connectivity index (χ4n) is 11.7. The van der Waals surface area contributed by atoms with E-state index < -0.39 is 70.3 Å². The minimum Gasteiger partial charge on any atom is -0.461 e. The first kappa shape index (κ1) is 29.6. The Morgan fingerprint density at radius 3 is 2.56 bits per heavy atom. The van der Waals surface area contributed by atoms with E-state index in [1.54, 1.807) is 31.4 Å². The van der Waals surface area contributed by atoms with Gasteiger partial charge in [0.2, 0.25) is 5.91 Å². The van der Waals surface area contributed by atoms with Gasteiger partial charge in [-0.1, -0.05) is 19.1 Å². The molecule has 6 aliphatic rings. The number of esters is 1. The molecule has 1 aliphatic heterocycles. The zero-order valence-electron chi connectivity index (χ0n) is 25.2. The summed E-state index contributed by atoms with van der Waals surface area (Å²) in [5.74, 6) is -2.50. The van der Waals surface area contributed by atoms with Gasteiger partial charge >= 0.3 is 5.97 Å². The summed E-state index contributed by atoms with van der Waals surface area (Å²) in [4.78, 5) is 27.5. The molecule has 11 heteroatoms. The Morgan fingerprint density at radius 2 is 1.88 bits per heavy atom. The van der Waals surface area contributed by atoms with Crippen LogP contribution in [0, 0.1) is 34.5 Å². The number of methoxy groups -OCH3 is 2. The van der Waals surface area contributed by atoms with E-state index >= 15 is 0 Å². The third-order valence-corrected chi connectivity index (χ3v) is 12.8. The fraction of sp³-hybridized carbons (Fsp3) is 0.750. The lowest BCUT2D eigenvalue weighted by molar-refractivity contribution is -0.317. The molecule has 11 nitrogen and oxygen atoms in total. The highest BCUT2D eigenvalue weighted by atomic mass is 16.5. The summed E-state index contributed by atoms with van der Waals surface area (Å²) < 4.78 is 18.1. The molecule has 1 aromatic rings. The minimum absolute atomic E-state index is 0.0149. The number of rotatable bonds is 7. The zero-order chi connectivity index (χ0) is 30.7. The van der Waals surface area contributed by atoms with Gasteiger partial charge in [-0.05, 0) is 43.9 Å². The molecular formula is C32H44N2O9. The first-order valence-corrected chi connectivity index (χ1v) is 15.6. The lowest BCUT2D eigenvalue weighted by Crippen LogP contribution is -2.82. The van der Waals surface area contributed by atoms with Crippen molar-refractivity contribution < 1.29 is 44.2 Å². The quantitative estimate of drug-likeness (QED) is 0.283. The summed E-state index contributed by atoms with van der Waals surface area (Å²) in [6.07, 6.45) is -1.34. The Bertz CT molecular complexity index is 1330. The van der Waals surface area contributed by atoms with Crippen molar-refractivity contribution in [2.45, 2.75) is 81.2 Å². The van der Waals surface area contributed by atoms with Crippen LogP contribution in [-0.2, 0) is 19.0 Å². The molecule has 0 aromatic heterocycles. The summed E-state index contributed by atoms with van der Waals surface area (Å²) in [7, 11) is 3.11. The molecule has 5 N–H and O–H groups in total. The SMILES string of the molecule is CCN1C[C@]2(COC(=O)c3ccccc3NC(C)=O)CC[C@H](O)[C@]34C5C[C@@H]6[C@@H](OC)C[C@@](O)(C5[C@H]6O)[C@](O)(C13)[C@@H](OC)[C@H]24. The third kappa shape index (κ3) is 3.39. The number of aliphatic hydroxyl groups is 4. The van der Waals surface area contributed by atoms with Crippen molar-refractivity contribution in [1.82, 2.24) is 4.90 Å². The average Bonchev–Trinajstić information content (AvgIpc) is 3.35. The van der Waals surface area contributed by atoms with Crippen LogP contribution in [0.1, 0.15) is 49.9 Å². The standard InChI is InChI=1S/C32H44N2O9/c1-5-34-14-29(15-43-27(38)17-8-6-7-9-20(17)33-16(2)35)11-10-22(36)31-19-12-18-21(41-3)13-30(39,23(19)24(18)37)32(40,28(31)34)26(42-4)25(29)31/h6-9,18-19,21-26,28,36-37,39-40H,5,10-15H2,1-4H3,(H,33,35)/t18-,19?,21+,22+,23?,24+,25-,26+,28?,29+,30-,31+,32-/m1/s1. The molecule has 3 unspecified atom stereocenters. The molecule has 6 fully saturated rings. The van der Waals surface area contributed by atoms with Crippen LogP contribution in [0.15, 0.2) is 24.3 Å². The maximum Gasteiger partial charge on any atom is 0.340 e. The van der Waals surface area contributed by atoms with Gasteiger partial charge in [-0.3, -0.25) is 9.69 Å². The lowest BCUT2D eigenvalue weighted by Gasteiger charge is -2.69. The van der Waals surface area contributed by atoms with Crippen LogP contribution in [0.4, 0.5) is 5.69 Å². The number of aliphatic hydroxyl groups excluding tert-OH is 2. The average molecular weight is 601 g/mol. The minimum atomic E-state index is -1.81. The number of benzene rings is 1. The van der Waals surface area contributed by atoms with E-state index in [1.807, 2.05) is 6.92 Å². The van der Waals surface area contributed by atoms with Crippen LogP contribution in [0.2, 0.25) is 0 Å². The number of para-hydroxylation sites is 1. The molecule has 43 heavy (non-hydrogen) atoms. The maximum atomic E-state index is 13.6. The number of likely N-dealkylation sites (tertiary alicyclic amines) is 1. The number of nitrogens with zero attached hydrogens (tertiary/aromatic N) is 1. The number of likely N-dealkylation sites (N-methyl/N-ethyl adjacent to an activating group) is 1. The van der Waals surface area contributed by atoms with Crippen LogP contribution in [0.3, 0.4) is 0 Å². The number of carbonyl (C=O) groups excluding carboxylic acids is 2. The van der Waals surface area contributed by atoms with Crippen LogP contribution in [-0.4, -0.2) is 113 Å². The number of carbonyl (C=O) groups is 2. The van der Waals surface area contributed by atoms with E-state index in [2.05, 4.69) is 10.2 Å². The van der Waals surface area contributed by atoms with E-state index in [0.29, 0.717) is 38.0 Å². The molecule has 1 heterocycles. The second-order valence-electron chi connectivity index (χ2n) is 14.1.